The van der Waals surface area contributed by atoms with E-state index < -0.39 is 14.1 Å². The van der Waals surface area contributed by atoms with Crippen LogP contribution in [0.1, 0.15) is 51.9 Å². The van der Waals surface area contributed by atoms with Gasteiger partial charge in [0.05, 0.1) is 19.8 Å². The molecule has 0 atom stereocenters. The van der Waals surface area contributed by atoms with Gasteiger partial charge in [-0.2, -0.15) is 0 Å². The first-order chi connectivity index (χ1) is 11.2. The van der Waals surface area contributed by atoms with Crippen molar-refractivity contribution in [2.24, 2.45) is 0 Å². The second-order valence-electron chi connectivity index (χ2n) is 6.88. The lowest BCUT2D eigenvalue weighted by atomic mass is 10.2. The van der Waals surface area contributed by atoms with Gasteiger partial charge in [-0.1, -0.05) is 41.5 Å². The molecule has 6 heteroatoms. The Kier molecular flexibility index (Phi) is 6.83. The molecule has 0 aliphatic rings. The van der Waals surface area contributed by atoms with Crippen LogP contribution in [-0.4, -0.2) is 28.8 Å². The van der Waals surface area contributed by atoms with E-state index in [4.69, 9.17) is 13.9 Å². The van der Waals surface area contributed by atoms with Crippen molar-refractivity contribution in [2.45, 2.75) is 58.2 Å². The smallest absolute Gasteiger partial charge is 0.259 e. The summed E-state index contributed by atoms with van der Waals surface area (Å²) in [7, 11) is 0.479. The summed E-state index contributed by atoms with van der Waals surface area (Å²) in [5.74, 6) is -0.224. The number of hydrogen-bond donors (Lipinski definition) is 0. The highest BCUT2D eigenvalue weighted by atomic mass is 28.4. The molecule has 0 fully saturated rings. The molecule has 0 radical (unpaired) electrons. The molecule has 24 heavy (non-hydrogen) atoms. The highest BCUT2D eigenvalue weighted by molar-refractivity contribution is 6.78. The maximum Gasteiger partial charge on any atom is 0.259 e. The topological polar surface area (TPSA) is 44.8 Å². The zero-order chi connectivity index (χ0) is 18.7. The number of aldehydes is 1. The van der Waals surface area contributed by atoms with Crippen LogP contribution < -0.4 is 13.9 Å². The molecule has 0 N–H and O–H groups in total. The standard InChI is InChI=1S/C18H29FO4Si/c1-11(2)24(12(3)4,13(5)6)23-18-16(19)14(10-20)9-15(21-7)17(18)22-8/h9-13H,1-8H3. The number of carbonyl (C=O) groups excluding carboxylic acids is 1. The van der Waals surface area contributed by atoms with Crippen LogP contribution in [-0.2, 0) is 0 Å². The van der Waals surface area contributed by atoms with Gasteiger partial charge in [-0.15, -0.1) is 0 Å². The molecule has 0 saturated heterocycles. The average Bonchev–Trinajstić information content (AvgIpc) is 2.51. The summed E-state index contributed by atoms with van der Waals surface area (Å²) >= 11 is 0. The van der Waals surface area contributed by atoms with Crippen LogP contribution in [0, 0.1) is 5.82 Å². The SMILES string of the molecule is COc1cc(C=O)c(F)c(O[Si](C(C)C)(C(C)C)C(C)C)c1OC. The molecule has 0 bridgehead atoms. The highest BCUT2D eigenvalue weighted by Gasteiger charge is 2.48. The lowest BCUT2D eigenvalue weighted by Crippen LogP contribution is -2.51. The molecule has 4 nitrogen and oxygen atoms in total. The fourth-order valence-corrected chi connectivity index (χ4v) is 8.91. The van der Waals surface area contributed by atoms with Crippen molar-refractivity contribution in [1.82, 2.24) is 0 Å². The lowest BCUT2D eigenvalue weighted by molar-refractivity contribution is 0.111. The third-order valence-electron chi connectivity index (χ3n) is 4.71. The van der Waals surface area contributed by atoms with Gasteiger partial charge in [-0.25, -0.2) is 4.39 Å². The van der Waals surface area contributed by atoms with Crippen molar-refractivity contribution in [3.05, 3.63) is 17.4 Å². The molecule has 0 spiro atoms. The summed E-state index contributed by atoms with van der Waals surface area (Å²) in [4.78, 5) is 11.2. The Hall–Kier alpha value is -1.56. The Labute approximate surface area is 145 Å². The van der Waals surface area contributed by atoms with Crippen molar-refractivity contribution < 1.29 is 23.1 Å². The maximum absolute atomic E-state index is 14.9. The van der Waals surface area contributed by atoms with E-state index in [1.165, 1.54) is 20.3 Å². The normalized spacial score (nSPS) is 12.0. The molecule has 0 aliphatic heterocycles. The number of carbonyl (C=O) groups is 1. The molecule has 0 aromatic heterocycles. The molecule has 136 valence electrons. The highest BCUT2D eigenvalue weighted by Crippen LogP contribution is 2.48. The Morgan fingerprint density at radius 2 is 1.46 bits per heavy atom. The monoisotopic (exact) mass is 356 g/mol. The summed E-state index contributed by atoms with van der Waals surface area (Å²) in [5.41, 5.74) is 0.675. The van der Waals surface area contributed by atoms with Gasteiger partial charge in [-0.05, 0) is 22.7 Å². The second kappa shape index (κ2) is 8.01. The molecule has 1 aromatic rings. The van der Waals surface area contributed by atoms with Crippen molar-refractivity contribution in [2.75, 3.05) is 14.2 Å². The molecular formula is C18H29FO4Si. The Balaban J connectivity index is 3.67. The molecule has 1 aromatic carbocycles. The predicted molar refractivity (Wildman–Crippen MR) is 96.6 cm³/mol. The molecule has 1 rings (SSSR count). The minimum Gasteiger partial charge on any atom is -0.538 e. The number of ether oxygens (including phenoxy) is 2. The second-order valence-corrected chi connectivity index (χ2v) is 12.3. The van der Waals surface area contributed by atoms with Gasteiger partial charge in [0.15, 0.2) is 23.6 Å². The van der Waals surface area contributed by atoms with Crippen molar-refractivity contribution >= 4 is 14.6 Å². The van der Waals surface area contributed by atoms with Crippen LogP contribution in [0.2, 0.25) is 16.6 Å². The van der Waals surface area contributed by atoms with Gasteiger partial charge in [0.1, 0.15) is 0 Å². The minimum absolute atomic E-state index is 0.0123. The van der Waals surface area contributed by atoms with E-state index in [1.807, 2.05) is 0 Å². The molecule has 0 aliphatic carbocycles. The first kappa shape index (κ1) is 20.5. The predicted octanol–water partition coefficient (Wildman–Crippen LogP) is 5.21. The fourth-order valence-electron chi connectivity index (χ4n) is 3.66. The van der Waals surface area contributed by atoms with Crippen LogP contribution in [0.4, 0.5) is 4.39 Å². The first-order valence-electron chi connectivity index (χ1n) is 8.25. The van der Waals surface area contributed by atoms with Crippen LogP contribution in [0.3, 0.4) is 0 Å². The largest absolute Gasteiger partial charge is 0.538 e. The first-order valence-corrected chi connectivity index (χ1v) is 10.4. The van der Waals surface area contributed by atoms with Crippen molar-refractivity contribution in [3.63, 3.8) is 0 Å². The van der Waals surface area contributed by atoms with E-state index in [9.17, 15) is 9.18 Å². The lowest BCUT2D eigenvalue weighted by Gasteiger charge is -2.42. The summed E-state index contributed by atoms with van der Waals surface area (Å²) in [6, 6.07) is 1.33. The van der Waals surface area contributed by atoms with E-state index >= 15 is 0 Å². The molecule has 0 saturated carbocycles. The van der Waals surface area contributed by atoms with Crippen LogP contribution in [0.25, 0.3) is 0 Å². The van der Waals surface area contributed by atoms with Gasteiger partial charge in [0.25, 0.3) is 8.32 Å². The Morgan fingerprint density at radius 1 is 0.958 bits per heavy atom. The third-order valence-corrected chi connectivity index (χ3v) is 10.7. The van der Waals surface area contributed by atoms with E-state index in [0.717, 1.165) is 0 Å². The fraction of sp³-hybridized carbons (Fsp3) is 0.611. The molecular weight excluding hydrogens is 327 g/mol. The average molecular weight is 357 g/mol. The van der Waals surface area contributed by atoms with Crippen LogP contribution in [0.5, 0.6) is 17.2 Å². The van der Waals surface area contributed by atoms with Gasteiger partial charge < -0.3 is 13.9 Å². The number of benzene rings is 1. The van der Waals surface area contributed by atoms with Gasteiger partial charge in [-0.3, -0.25) is 4.79 Å². The van der Waals surface area contributed by atoms with Crippen molar-refractivity contribution in [1.29, 1.82) is 0 Å². The maximum atomic E-state index is 14.9. The Morgan fingerprint density at radius 3 is 1.79 bits per heavy atom. The number of methoxy groups -OCH3 is 2. The van der Waals surface area contributed by atoms with E-state index in [-0.39, 0.29) is 39.4 Å². The molecule has 0 unspecified atom stereocenters. The summed E-state index contributed by atoms with van der Waals surface area (Å²) in [5, 5.41) is 0. The minimum atomic E-state index is -2.41. The van der Waals surface area contributed by atoms with Gasteiger partial charge in [0, 0.05) is 0 Å². The van der Waals surface area contributed by atoms with Gasteiger partial charge in [0.2, 0.25) is 5.75 Å². The van der Waals surface area contributed by atoms with Crippen molar-refractivity contribution in [3.8, 4) is 17.2 Å². The zero-order valence-electron chi connectivity index (χ0n) is 15.9. The number of halogens is 1. The number of rotatable bonds is 8. The van der Waals surface area contributed by atoms with E-state index in [1.54, 1.807) is 0 Å². The number of hydrogen-bond acceptors (Lipinski definition) is 4. The Bertz CT molecular complexity index is 563. The quantitative estimate of drug-likeness (QED) is 0.474. The van der Waals surface area contributed by atoms with E-state index in [0.29, 0.717) is 6.29 Å². The van der Waals surface area contributed by atoms with Gasteiger partial charge >= 0.3 is 0 Å². The van der Waals surface area contributed by atoms with Crippen LogP contribution in [0.15, 0.2) is 6.07 Å². The summed E-state index contributed by atoms with van der Waals surface area (Å²) in [6.07, 6.45) is 0.466. The summed E-state index contributed by atoms with van der Waals surface area (Å²) < 4.78 is 31.9. The van der Waals surface area contributed by atoms with Crippen LogP contribution >= 0.6 is 0 Å². The van der Waals surface area contributed by atoms with E-state index in [2.05, 4.69) is 41.5 Å². The zero-order valence-corrected chi connectivity index (χ0v) is 16.9. The molecule has 0 heterocycles. The third kappa shape index (κ3) is 3.43. The molecule has 0 amide bonds. The summed E-state index contributed by atoms with van der Waals surface area (Å²) in [6.45, 7) is 12.7.